The van der Waals surface area contributed by atoms with Crippen LogP contribution in [0, 0.1) is 5.92 Å². The van der Waals surface area contributed by atoms with Gasteiger partial charge < -0.3 is 14.7 Å². The molecule has 0 fully saturated rings. The predicted octanol–water partition coefficient (Wildman–Crippen LogP) is 17.3. The first-order valence-electron chi connectivity index (χ1n) is 28.5. The van der Waals surface area contributed by atoms with Crippen molar-refractivity contribution in [2.24, 2.45) is 5.92 Å². The molecule has 8 nitrogen and oxygen atoms in total. The summed E-state index contributed by atoms with van der Waals surface area (Å²) in [4.78, 5) is 38.3. The molecule has 0 aromatic carbocycles. The number of phosphoric ester groups is 1. The average molecular weight is 953 g/mol. The van der Waals surface area contributed by atoms with Gasteiger partial charge in [-0.05, 0) is 51.4 Å². The van der Waals surface area contributed by atoms with E-state index in [1.165, 1.54) is 173 Å². The third-order valence-electron chi connectivity index (χ3n) is 13.1. The lowest BCUT2D eigenvalue weighted by atomic mass is 9.90. The Morgan fingerprint density at radius 1 is 0.500 bits per heavy atom. The van der Waals surface area contributed by atoms with Crippen LogP contribution in [0.25, 0.3) is 0 Å². The van der Waals surface area contributed by atoms with Crippen LogP contribution in [0.1, 0.15) is 278 Å². The molecule has 0 radical (unpaired) electrons. The number of quaternary nitrogens is 1. The number of ketones is 1. The Balaban J connectivity index is 5.39. The van der Waals surface area contributed by atoms with Crippen molar-refractivity contribution in [1.82, 2.24) is 5.32 Å². The van der Waals surface area contributed by atoms with Gasteiger partial charge in [0.1, 0.15) is 18.9 Å². The average Bonchev–Trinajstić information content (AvgIpc) is 3.27. The topological polar surface area (TPSA) is 102 Å². The normalized spacial score (nSPS) is 14.0. The molecule has 2 N–H and O–H groups in total. The van der Waals surface area contributed by atoms with Crippen molar-refractivity contribution in [2.75, 3.05) is 40.9 Å². The van der Waals surface area contributed by atoms with E-state index < -0.39 is 19.8 Å². The van der Waals surface area contributed by atoms with E-state index in [-0.39, 0.29) is 24.9 Å². The van der Waals surface area contributed by atoms with Gasteiger partial charge in [-0.25, -0.2) is 4.57 Å². The lowest BCUT2D eigenvalue weighted by molar-refractivity contribution is -0.870. The van der Waals surface area contributed by atoms with Crippen LogP contribution in [0.3, 0.4) is 0 Å². The summed E-state index contributed by atoms with van der Waals surface area (Å²) in [5.74, 6) is -0.723. The van der Waals surface area contributed by atoms with Crippen LogP contribution < -0.4 is 5.32 Å². The molecule has 9 heteroatoms. The van der Waals surface area contributed by atoms with Crippen LogP contribution in [0.15, 0.2) is 24.3 Å². The van der Waals surface area contributed by atoms with Crippen LogP contribution in [-0.2, 0) is 23.2 Å². The van der Waals surface area contributed by atoms with E-state index in [0.29, 0.717) is 23.9 Å². The monoisotopic (exact) mass is 952 g/mol. The van der Waals surface area contributed by atoms with Gasteiger partial charge in [0, 0.05) is 12.8 Å². The van der Waals surface area contributed by atoms with Crippen molar-refractivity contribution in [3.8, 4) is 0 Å². The van der Waals surface area contributed by atoms with Crippen LogP contribution in [0.5, 0.6) is 0 Å². The number of carbonyl (C=O) groups excluding carboxylic acids is 2. The smallest absolute Gasteiger partial charge is 0.350 e. The molecule has 0 heterocycles. The van der Waals surface area contributed by atoms with Crippen molar-refractivity contribution in [3.05, 3.63) is 24.3 Å². The van der Waals surface area contributed by atoms with Gasteiger partial charge in [0.05, 0.1) is 39.7 Å². The highest BCUT2D eigenvalue weighted by Gasteiger charge is 2.31. The molecule has 0 aromatic heterocycles. The minimum absolute atomic E-state index is 0.0573. The number of hydrogen-bond acceptors (Lipinski definition) is 5. The molecule has 0 aromatic rings. The summed E-state index contributed by atoms with van der Waals surface area (Å²) in [7, 11) is 1.56. The van der Waals surface area contributed by atoms with Crippen molar-refractivity contribution < 1.29 is 32.6 Å². The third kappa shape index (κ3) is 46.4. The van der Waals surface area contributed by atoms with Gasteiger partial charge in [-0.15, -0.1) is 0 Å². The van der Waals surface area contributed by atoms with Gasteiger partial charge in [0.25, 0.3) is 0 Å². The van der Waals surface area contributed by atoms with Gasteiger partial charge in [0.2, 0.25) is 5.91 Å². The maximum atomic E-state index is 14.1. The Labute approximate surface area is 410 Å². The highest BCUT2D eigenvalue weighted by atomic mass is 31.2. The number of rotatable bonds is 52. The van der Waals surface area contributed by atoms with E-state index in [4.69, 9.17) is 9.05 Å². The number of nitrogens with zero attached hydrogens (tertiary/aromatic N) is 1. The molecule has 3 atom stereocenters. The second-order valence-corrected chi connectivity index (χ2v) is 22.3. The number of likely N-dealkylation sites (N-methyl/N-ethyl adjacent to an activating group) is 1. The molecule has 0 spiro atoms. The quantitative estimate of drug-likeness (QED) is 0.0273. The maximum Gasteiger partial charge on any atom is 0.472 e. The fraction of sp³-hybridized carbons (Fsp3) is 0.895. The number of amides is 1. The van der Waals surface area contributed by atoms with E-state index in [1.807, 2.05) is 27.2 Å². The molecule has 0 aliphatic rings. The summed E-state index contributed by atoms with van der Waals surface area (Å²) in [6, 6.07) is -0.758. The number of unbranched alkanes of at least 4 members (excludes halogenated alkanes) is 34. The van der Waals surface area contributed by atoms with Crippen LogP contribution >= 0.6 is 7.82 Å². The third-order valence-corrected chi connectivity index (χ3v) is 14.1. The lowest BCUT2D eigenvalue weighted by Crippen LogP contribution is -2.45. The minimum atomic E-state index is -4.41. The number of nitrogens with one attached hydrogen (secondary N) is 1. The molecule has 0 saturated heterocycles. The molecule has 390 valence electrons. The van der Waals surface area contributed by atoms with Crippen molar-refractivity contribution in [1.29, 1.82) is 0 Å². The molecule has 66 heavy (non-hydrogen) atoms. The summed E-state index contributed by atoms with van der Waals surface area (Å²) in [6.07, 6.45) is 56.1. The van der Waals surface area contributed by atoms with E-state index in [0.717, 1.165) is 70.6 Å². The largest absolute Gasteiger partial charge is 0.472 e. The molecular weight excluding hydrogens is 840 g/mol. The molecule has 0 aliphatic carbocycles. The van der Waals surface area contributed by atoms with Crippen LogP contribution in [0.4, 0.5) is 0 Å². The first-order valence-corrected chi connectivity index (χ1v) is 30.0. The zero-order valence-corrected chi connectivity index (χ0v) is 45.6. The molecule has 1 amide bonds. The summed E-state index contributed by atoms with van der Waals surface area (Å²) in [6.45, 7) is 7.12. The van der Waals surface area contributed by atoms with Crippen molar-refractivity contribution in [2.45, 2.75) is 284 Å². The van der Waals surface area contributed by atoms with Gasteiger partial charge in [-0.1, -0.05) is 238 Å². The lowest BCUT2D eigenvalue weighted by Gasteiger charge is -2.27. The van der Waals surface area contributed by atoms with Crippen LogP contribution in [0.2, 0.25) is 0 Å². The molecule has 1 unspecified atom stereocenters. The molecule has 0 aliphatic heterocycles. The standard InChI is InChI=1S/C57H111N2O6P/c1-7-10-13-16-19-22-25-28-29-32-35-38-41-44-47-50-57(61)58-55(53-65-66(62,63)64-52-51-59(4,5)6)54(48-45-42-39-36-33-30-26-23-20-17-14-11-8-2)56(60)49-46-43-40-37-34-31-27-24-21-18-15-12-9-3/h28-29,45,48,54-55H,7-27,30-44,46-47,49-53H2,1-6H3,(H-,58,61,62,63)/p+1/b29-28-,48-45+/t54-,55-/m1/s1. The number of phosphoric acid groups is 1. The van der Waals surface area contributed by atoms with Crippen molar-refractivity contribution in [3.63, 3.8) is 0 Å². The van der Waals surface area contributed by atoms with E-state index in [9.17, 15) is 19.0 Å². The second kappa shape index (κ2) is 47.4. The number of hydrogen-bond donors (Lipinski definition) is 2. The number of Topliss-reactive ketones (excluding diaryl/α,β-unsaturated/α-hetero) is 1. The van der Waals surface area contributed by atoms with Gasteiger partial charge in [0.15, 0.2) is 0 Å². The van der Waals surface area contributed by atoms with E-state index in [1.54, 1.807) is 0 Å². The highest BCUT2D eigenvalue weighted by molar-refractivity contribution is 7.47. The van der Waals surface area contributed by atoms with Gasteiger partial charge >= 0.3 is 7.82 Å². The number of allylic oxidation sites excluding steroid dienone is 3. The fourth-order valence-corrected chi connectivity index (χ4v) is 9.37. The summed E-state index contributed by atoms with van der Waals surface area (Å²) < 4.78 is 24.6. The molecule has 0 rings (SSSR count). The number of carbonyl (C=O) groups is 2. The van der Waals surface area contributed by atoms with Gasteiger partial charge in [-0.3, -0.25) is 18.6 Å². The zero-order chi connectivity index (χ0) is 48.7. The van der Waals surface area contributed by atoms with Crippen LogP contribution in [-0.4, -0.2) is 68.0 Å². The predicted molar refractivity (Wildman–Crippen MR) is 285 cm³/mol. The minimum Gasteiger partial charge on any atom is -0.350 e. The first kappa shape index (κ1) is 64.7. The Bertz CT molecular complexity index is 1190. The fourth-order valence-electron chi connectivity index (χ4n) is 8.63. The summed E-state index contributed by atoms with van der Waals surface area (Å²) in [5.41, 5.74) is 0. The first-order chi connectivity index (χ1) is 32.0. The molecular formula is C57H112N2O6P+. The Kier molecular flexibility index (Phi) is 46.4. The Morgan fingerprint density at radius 2 is 0.848 bits per heavy atom. The molecule has 0 bridgehead atoms. The SMILES string of the molecule is CCCCCCCC/C=C\CCCCCCCC(=O)N[C@H](COP(=O)(O)OCC[N+](C)(C)C)[C@@H](/C=C/CCCCCCCCCCCCC)C(=O)CCCCCCCCCCCCCCC. The Morgan fingerprint density at radius 3 is 1.24 bits per heavy atom. The van der Waals surface area contributed by atoms with Gasteiger partial charge in [-0.2, -0.15) is 0 Å². The van der Waals surface area contributed by atoms with E-state index in [2.05, 4.69) is 44.3 Å². The highest BCUT2D eigenvalue weighted by Crippen LogP contribution is 2.43. The summed E-state index contributed by atoms with van der Waals surface area (Å²) in [5, 5.41) is 3.11. The molecule has 0 saturated carbocycles. The second-order valence-electron chi connectivity index (χ2n) is 20.9. The summed E-state index contributed by atoms with van der Waals surface area (Å²) >= 11 is 0. The Hall–Kier alpha value is -1.31. The van der Waals surface area contributed by atoms with E-state index >= 15 is 0 Å². The van der Waals surface area contributed by atoms with Crippen molar-refractivity contribution >= 4 is 19.5 Å². The zero-order valence-electron chi connectivity index (χ0n) is 44.8. The maximum absolute atomic E-state index is 14.1.